The van der Waals surface area contributed by atoms with Crippen molar-refractivity contribution >= 4 is 16.8 Å². The predicted octanol–water partition coefficient (Wildman–Crippen LogP) is 4.96. The van der Waals surface area contributed by atoms with Gasteiger partial charge in [0.25, 0.3) is 5.91 Å². The van der Waals surface area contributed by atoms with Crippen LogP contribution in [-0.4, -0.2) is 40.0 Å². The number of aromatic nitrogens is 2. The highest BCUT2D eigenvalue weighted by molar-refractivity contribution is 6.01. The Hall–Kier alpha value is -3.51. The fourth-order valence-electron chi connectivity index (χ4n) is 4.46. The van der Waals surface area contributed by atoms with E-state index in [-0.39, 0.29) is 11.9 Å². The molecule has 5 rings (SSSR count). The summed E-state index contributed by atoms with van der Waals surface area (Å²) in [4.78, 5) is 19.2. The van der Waals surface area contributed by atoms with Crippen molar-refractivity contribution in [1.29, 1.82) is 0 Å². The molecule has 0 atom stereocenters. The lowest BCUT2D eigenvalue weighted by molar-refractivity contribution is 0.0754. The maximum absolute atomic E-state index is 14.2. The molecule has 1 aliphatic rings. The highest BCUT2D eigenvalue weighted by Crippen LogP contribution is 2.34. The number of carbonyl (C=O) groups is 1. The fourth-order valence-corrected chi connectivity index (χ4v) is 4.46. The van der Waals surface area contributed by atoms with Gasteiger partial charge in [0.1, 0.15) is 5.82 Å². The van der Waals surface area contributed by atoms with Gasteiger partial charge in [-0.05, 0) is 67.8 Å². The molecule has 2 aromatic heterocycles. The first kappa shape index (κ1) is 21.3. The van der Waals surface area contributed by atoms with Crippen molar-refractivity contribution in [3.8, 4) is 16.8 Å². The summed E-state index contributed by atoms with van der Waals surface area (Å²) >= 11 is 0. The number of pyridine rings is 1. The molecule has 0 fully saturated rings. The highest BCUT2D eigenvalue weighted by Gasteiger charge is 2.22. The summed E-state index contributed by atoms with van der Waals surface area (Å²) in [5.74, 6) is -0.648. The summed E-state index contributed by atoms with van der Waals surface area (Å²) < 4.78 is 16.2. The molecule has 1 amide bonds. The van der Waals surface area contributed by atoms with Crippen LogP contribution in [0.25, 0.3) is 27.7 Å². The average molecular weight is 443 g/mol. The van der Waals surface area contributed by atoms with E-state index in [0.717, 1.165) is 41.5 Å². The third-order valence-electron chi connectivity index (χ3n) is 6.56. The van der Waals surface area contributed by atoms with Crippen LogP contribution < -0.4 is 5.32 Å². The molecule has 33 heavy (non-hydrogen) atoms. The maximum atomic E-state index is 14.2. The third kappa shape index (κ3) is 3.80. The van der Waals surface area contributed by atoms with Crippen LogP contribution in [-0.2, 0) is 13.0 Å². The van der Waals surface area contributed by atoms with Crippen LogP contribution in [0.5, 0.6) is 0 Å². The van der Waals surface area contributed by atoms with Gasteiger partial charge >= 0.3 is 0 Å². The van der Waals surface area contributed by atoms with Crippen molar-refractivity contribution in [2.45, 2.75) is 32.9 Å². The lowest BCUT2D eigenvalue weighted by atomic mass is 9.95. The van der Waals surface area contributed by atoms with Gasteiger partial charge in [0.05, 0.1) is 23.0 Å². The third-order valence-corrected chi connectivity index (χ3v) is 6.56. The normalized spacial score (nSPS) is 13.4. The molecule has 6 heteroatoms. The molecule has 5 nitrogen and oxygen atoms in total. The summed E-state index contributed by atoms with van der Waals surface area (Å²) in [6.45, 7) is 5.75. The molecule has 0 aliphatic carbocycles. The van der Waals surface area contributed by atoms with Gasteiger partial charge in [-0.25, -0.2) is 4.39 Å². The Kier molecular flexibility index (Phi) is 5.46. The molecule has 0 spiro atoms. The van der Waals surface area contributed by atoms with Gasteiger partial charge in [-0.3, -0.25) is 9.78 Å². The largest absolute Gasteiger partial charge is 0.339 e. The standard InChI is InChI=1S/C27H27FN4O/c1-17(2)31(3)27(33)23-13-21(28)6-7-25(23)32-16-24(22-9-11-30-15-26(22)32)19-4-5-20-14-29-10-8-18(20)12-19/h4-7,9,11-13,15-17,29H,8,10,14H2,1-3H3. The van der Waals surface area contributed by atoms with Crippen molar-refractivity contribution < 1.29 is 9.18 Å². The van der Waals surface area contributed by atoms with Crippen LogP contribution in [0.3, 0.4) is 0 Å². The minimum atomic E-state index is -0.433. The highest BCUT2D eigenvalue weighted by atomic mass is 19.1. The lowest BCUT2D eigenvalue weighted by Crippen LogP contribution is -2.33. The Labute approximate surface area is 192 Å². The Morgan fingerprint density at radius 1 is 1.15 bits per heavy atom. The molecular formula is C27H27FN4O. The summed E-state index contributed by atoms with van der Waals surface area (Å²) in [5.41, 5.74) is 6.72. The van der Waals surface area contributed by atoms with E-state index in [1.807, 2.05) is 30.7 Å². The Bertz CT molecular complexity index is 1360. The average Bonchev–Trinajstić information content (AvgIpc) is 3.22. The summed E-state index contributed by atoms with van der Waals surface area (Å²) in [6.07, 6.45) is 6.61. The van der Waals surface area contributed by atoms with Crippen LogP contribution in [0.15, 0.2) is 61.1 Å². The van der Waals surface area contributed by atoms with Crippen LogP contribution >= 0.6 is 0 Å². The predicted molar refractivity (Wildman–Crippen MR) is 129 cm³/mol. The first-order chi connectivity index (χ1) is 15.9. The molecule has 0 unspecified atom stereocenters. The molecule has 1 aliphatic heterocycles. The Morgan fingerprint density at radius 2 is 2.00 bits per heavy atom. The van der Waals surface area contributed by atoms with Crippen LogP contribution in [0.1, 0.15) is 35.3 Å². The van der Waals surface area contributed by atoms with Gasteiger partial charge < -0.3 is 14.8 Å². The van der Waals surface area contributed by atoms with Crippen molar-refractivity contribution in [1.82, 2.24) is 19.8 Å². The minimum Gasteiger partial charge on any atom is -0.339 e. The monoisotopic (exact) mass is 442 g/mol. The number of carbonyl (C=O) groups excluding carboxylic acids is 1. The van der Waals surface area contributed by atoms with Crippen LogP contribution in [0.4, 0.5) is 4.39 Å². The second-order valence-corrected chi connectivity index (χ2v) is 8.89. The molecule has 3 heterocycles. The van der Waals surface area contributed by atoms with Crippen LogP contribution in [0, 0.1) is 5.82 Å². The van der Waals surface area contributed by atoms with Crippen molar-refractivity contribution in [2.24, 2.45) is 0 Å². The fraction of sp³-hybridized carbons (Fsp3) is 0.259. The molecule has 1 N–H and O–H groups in total. The van der Waals surface area contributed by atoms with Crippen LogP contribution in [0.2, 0.25) is 0 Å². The molecule has 4 aromatic rings. The zero-order chi connectivity index (χ0) is 23.1. The first-order valence-corrected chi connectivity index (χ1v) is 11.3. The molecule has 0 bridgehead atoms. The molecule has 0 radical (unpaired) electrons. The number of hydrogen-bond acceptors (Lipinski definition) is 3. The van der Waals surface area contributed by atoms with Gasteiger partial charge in [-0.2, -0.15) is 0 Å². The summed E-state index contributed by atoms with van der Waals surface area (Å²) in [6, 6.07) is 13.0. The maximum Gasteiger partial charge on any atom is 0.256 e. The molecule has 0 saturated carbocycles. The van der Waals surface area contributed by atoms with E-state index >= 15 is 0 Å². The van der Waals surface area contributed by atoms with Crippen molar-refractivity contribution in [3.05, 3.63) is 83.6 Å². The summed E-state index contributed by atoms with van der Waals surface area (Å²) in [7, 11) is 1.74. The Morgan fingerprint density at radius 3 is 2.82 bits per heavy atom. The second kappa shape index (κ2) is 8.45. The van der Waals surface area contributed by atoms with E-state index < -0.39 is 5.82 Å². The number of nitrogens with one attached hydrogen (secondary N) is 1. The zero-order valence-corrected chi connectivity index (χ0v) is 19.1. The van der Waals surface area contributed by atoms with E-state index in [1.165, 1.54) is 23.3 Å². The number of hydrogen-bond donors (Lipinski definition) is 1. The van der Waals surface area contributed by atoms with Gasteiger partial charge in [-0.1, -0.05) is 18.2 Å². The van der Waals surface area contributed by atoms with Gasteiger partial charge in [0.2, 0.25) is 0 Å². The van der Waals surface area contributed by atoms with Crippen molar-refractivity contribution in [2.75, 3.05) is 13.6 Å². The Balaban J connectivity index is 1.70. The molecule has 168 valence electrons. The number of amides is 1. The summed E-state index contributed by atoms with van der Waals surface area (Å²) in [5, 5.41) is 4.46. The van der Waals surface area contributed by atoms with E-state index in [1.54, 1.807) is 30.4 Å². The second-order valence-electron chi connectivity index (χ2n) is 8.89. The quantitative estimate of drug-likeness (QED) is 0.486. The van der Waals surface area contributed by atoms with E-state index in [2.05, 4.69) is 28.5 Å². The zero-order valence-electron chi connectivity index (χ0n) is 19.1. The van der Waals surface area contributed by atoms with E-state index in [0.29, 0.717) is 11.3 Å². The van der Waals surface area contributed by atoms with Gasteiger partial charge in [-0.15, -0.1) is 0 Å². The number of halogens is 1. The first-order valence-electron chi connectivity index (χ1n) is 11.3. The number of benzene rings is 2. The molecular weight excluding hydrogens is 415 g/mol. The van der Waals surface area contributed by atoms with Gasteiger partial charge in [0.15, 0.2) is 0 Å². The van der Waals surface area contributed by atoms with E-state index in [9.17, 15) is 9.18 Å². The van der Waals surface area contributed by atoms with Crippen molar-refractivity contribution in [3.63, 3.8) is 0 Å². The lowest BCUT2D eigenvalue weighted by Gasteiger charge is -2.23. The number of nitrogens with zero attached hydrogens (tertiary/aromatic N) is 3. The van der Waals surface area contributed by atoms with Gasteiger partial charge in [0, 0.05) is 43.0 Å². The number of fused-ring (bicyclic) bond motifs is 2. The smallest absolute Gasteiger partial charge is 0.256 e. The minimum absolute atomic E-state index is 0.00256. The number of rotatable bonds is 4. The SMILES string of the molecule is CC(C)N(C)C(=O)c1cc(F)ccc1-n1cc(-c2ccc3c(c2)CCNC3)c2ccncc21. The molecule has 0 saturated heterocycles. The van der Waals surface area contributed by atoms with E-state index in [4.69, 9.17) is 0 Å². The topological polar surface area (TPSA) is 50.2 Å². The molecule has 2 aromatic carbocycles.